The van der Waals surface area contributed by atoms with Crippen LogP contribution < -0.4 is 21.3 Å². The number of hydrogen-bond donors (Lipinski definition) is 4. The van der Waals surface area contributed by atoms with Crippen molar-refractivity contribution in [2.75, 3.05) is 11.5 Å². The Morgan fingerprint density at radius 2 is 1.50 bits per heavy atom. The summed E-state index contributed by atoms with van der Waals surface area (Å²) in [5, 5.41) is 10.3. The molecular formula is C20H30N4O6S2. The topological polar surface area (TPSA) is 143 Å². The number of carbonyl (C=O) groups is 5. The lowest BCUT2D eigenvalue weighted by Crippen LogP contribution is -2.57. The summed E-state index contributed by atoms with van der Waals surface area (Å²) in [4.78, 5) is 62.8. The Hall–Kier alpha value is -2.21. The number of amides is 4. The molecule has 12 heteroatoms. The van der Waals surface area contributed by atoms with Gasteiger partial charge in [0.15, 0.2) is 0 Å². The molecule has 1 saturated heterocycles. The van der Waals surface area contributed by atoms with Crippen molar-refractivity contribution >= 4 is 51.2 Å². The van der Waals surface area contributed by atoms with Crippen molar-refractivity contribution in [1.29, 1.82) is 0 Å². The zero-order valence-corrected chi connectivity index (χ0v) is 20.0. The molecule has 1 fully saturated rings. The van der Waals surface area contributed by atoms with Crippen LogP contribution in [0.3, 0.4) is 0 Å². The van der Waals surface area contributed by atoms with E-state index in [1.807, 2.05) is 6.08 Å². The van der Waals surface area contributed by atoms with Crippen LogP contribution in [0, 0.1) is 0 Å². The van der Waals surface area contributed by atoms with Gasteiger partial charge in [-0.3, -0.25) is 19.2 Å². The molecule has 2 heterocycles. The maximum Gasteiger partial charge on any atom is 0.328 e. The Morgan fingerprint density at radius 1 is 0.844 bits per heavy atom. The van der Waals surface area contributed by atoms with E-state index >= 15 is 0 Å². The summed E-state index contributed by atoms with van der Waals surface area (Å²) >= 11 is 0. The summed E-state index contributed by atoms with van der Waals surface area (Å²) in [7, 11) is 3.03. The van der Waals surface area contributed by atoms with Crippen molar-refractivity contribution in [3.05, 3.63) is 12.2 Å². The summed E-state index contributed by atoms with van der Waals surface area (Å²) < 4.78 is 5.44. The molecule has 0 aromatic rings. The van der Waals surface area contributed by atoms with Gasteiger partial charge in [-0.1, -0.05) is 27.7 Å². The predicted octanol–water partition coefficient (Wildman–Crippen LogP) is 0.0322. The Kier molecular flexibility index (Phi) is 10.4. The van der Waals surface area contributed by atoms with Crippen LogP contribution in [0.4, 0.5) is 0 Å². The van der Waals surface area contributed by atoms with Crippen molar-refractivity contribution in [3.63, 3.8) is 0 Å². The van der Waals surface area contributed by atoms with Gasteiger partial charge in [0.05, 0.1) is 6.42 Å². The molecule has 0 aromatic heterocycles. The van der Waals surface area contributed by atoms with Gasteiger partial charge in [-0.2, -0.15) is 0 Å². The standard InChI is InChI=1S/C20H30N4O6S2/c1-11-18(27)24-15-10-32-31-8-6-4-5-7-14(9-16(25)21-11)30-20(29)13(3)23-17(26)12(2)22-19(15)28/h5,7,11-15H,4,6,8-10H2,1-3H3,(H,21,25)(H,22,28)(H,23,26)(H,24,27). The molecule has 5 unspecified atom stereocenters. The number of ether oxygens (including phenoxy) is 1. The molecule has 178 valence electrons. The van der Waals surface area contributed by atoms with E-state index in [9.17, 15) is 24.0 Å². The van der Waals surface area contributed by atoms with Gasteiger partial charge in [0.1, 0.15) is 30.3 Å². The van der Waals surface area contributed by atoms with Crippen LogP contribution in [0.25, 0.3) is 0 Å². The number of esters is 1. The van der Waals surface area contributed by atoms with Gasteiger partial charge in [-0.05, 0) is 39.7 Å². The Balaban J connectivity index is 2.37. The van der Waals surface area contributed by atoms with Crippen molar-refractivity contribution < 1.29 is 28.7 Å². The first-order valence-electron chi connectivity index (χ1n) is 10.5. The second kappa shape index (κ2) is 12.7. The first kappa shape index (κ1) is 26.0. The summed E-state index contributed by atoms with van der Waals surface area (Å²) in [6.07, 6.45) is 4.07. The van der Waals surface area contributed by atoms with E-state index in [2.05, 4.69) is 21.3 Å². The SMILES string of the molecule is CC1NC(=O)CC2C=CCCCSSCC(NC1=O)C(=O)NC(C)C(=O)NC(C)C(=O)O2. The molecule has 4 N–H and O–H groups in total. The highest BCUT2D eigenvalue weighted by atomic mass is 33.1. The monoisotopic (exact) mass is 486 g/mol. The summed E-state index contributed by atoms with van der Waals surface area (Å²) in [5.74, 6) is -1.71. The van der Waals surface area contributed by atoms with Crippen LogP contribution in [0.1, 0.15) is 40.0 Å². The van der Waals surface area contributed by atoms with Crippen LogP contribution in [0.2, 0.25) is 0 Å². The lowest BCUT2D eigenvalue weighted by Gasteiger charge is -2.25. The molecule has 2 aliphatic rings. The highest BCUT2D eigenvalue weighted by Gasteiger charge is 2.30. The van der Waals surface area contributed by atoms with E-state index < -0.39 is 59.9 Å². The molecule has 5 atom stereocenters. The minimum absolute atomic E-state index is 0.175. The highest BCUT2D eigenvalue weighted by Crippen LogP contribution is 2.24. The number of hydrogen-bond acceptors (Lipinski definition) is 8. The highest BCUT2D eigenvalue weighted by molar-refractivity contribution is 8.76. The molecule has 0 spiro atoms. The number of fused-ring (bicyclic) bond motifs is 7. The molecule has 2 rings (SSSR count). The van der Waals surface area contributed by atoms with Crippen molar-refractivity contribution in [3.8, 4) is 0 Å². The zero-order valence-electron chi connectivity index (χ0n) is 18.3. The van der Waals surface area contributed by atoms with Gasteiger partial charge in [0, 0.05) is 11.5 Å². The number of allylic oxidation sites excluding steroid dienone is 1. The molecular weight excluding hydrogens is 456 g/mol. The lowest BCUT2D eigenvalue weighted by molar-refractivity contribution is -0.151. The third kappa shape index (κ3) is 8.38. The molecule has 2 aliphatic heterocycles. The molecule has 0 saturated carbocycles. The van der Waals surface area contributed by atoms with Crippen LogP contribution in [0.5, 0.6) is 0 Å². The van der Waals surface area contributed by atoms with Crippen LogP contribution in [-0.2, 0) is 28.7 Å². The molecule has 0 radical (unpaired) electrons. The van der Waals surface area contributed by atoms with Crippen molar-refractivity contribution in [2.45, 2.75) is 70.3 Å². The second-order valence-electron chi connectivity index (χ2n) is 7.67. The number of rotatable bonds is 0. The first-order valence-corrected chi connectivity index (χ1v) is 13.0. The second-order valence-corrected chi connectivity index (χ2v) is 10.3. The van der Waals surface area contributed by atoms with Gasteiger partial charge in [0.25, 0.3) is 0 Å². The van der Waals surface area contributed by atoms with E-state index in [1.165, 1.54) is 31.6 Å². The number of carbonyl (C=O) groups excluding carboxylic acids is 5. The fraction of sp³-hybridized carbons (Fsp3) is 0.650. The Bertz CT molecular complexity index is 762. The predicted molar refractivity (Wildman–Crippen MR) is 123 cm³/mol. The van der Waals surface area contributed by atoms with E-state index in [0.29, 0.717) is 0 Å². The molecule has 10 nitrogen and oxygen atoms in total. The third-order valence-electron chi connectivity index (χ3n) is 4.79. The maximum atomic E-state index is 12.8. The van der Waals surface area contributed by atoms with Crippen molar-refractivity contribution in [1.82, 2.24) is 21.3 Å². The van der Waals surface area contributed by atoms with Gasteiger partial charge in [-0.25, -0.2) is 4.79 Å². The number of nitrogens with one attached hydrogen (secondary N) is 4. The maximum absolute atomic E-state index is 12.8. The average Bonchev–Trinajstić information content (AvgIpc) is 2.72. The Morgan fingerprint density at radius 3 is 2.25 bits per heavy atom. The smallest absolute Gasteiger partial charge is 0.328 e. The molecule has 4 amide bonds. The molecule has 0 aliphatic carbocycles. The van der Waals surface area contributed by atoms with Gasteiger partial charge in [-0.15, -0.1) is 0 Å². The first-order chi connectivity index (χ1) is 15.2. The van der Waals surface area contributed by atoms with Gasteiger partial charge in [0.2, 0.25) is 23.6 Å². The Labute approximate surface area is 195 Å². The molecule has 2 bridgehead atoms. The summed E-state index contributed by atoms with van der Waals surface area (Å²) in [5.41, 5.74) is 0. The minimum atomic E-state index is -0.978. The van der Waals surface area contributed by atoms with E-state index in [4.69, 9.17) is 4.74 Å². The largest absolute Gasteiger partial charge is 0.456 e. The fourth-order valence-corrected chi connectivity index (χ4v) is 5.16. The van der Waals surface area contributed by atoms with E-state index in [-0.39, 0.29) is 12.2 Å². The average molecular weight is 487 g/mol. The van der Waals surface area contributed by atoms with Gasteiger partial charge >= 0.3 is 5.97 Å². The third-order valence-corrected chi connectivity index (χ3v) is 7.29. The lowest BCUT2D eigenvalue weighted by atomic mass is 10.1. The van der Waals surface area contributed by atoms with Gasteiger partial charge < -0.3 is 26.0 Å². The van der Waals surface area contributed by atoms with E-state index in [0.717, 1.165) is 18.6 Å². The molecule has 32 heavy (non-hydrogen) atoms. The zero-order chi connectivity index (χ0) is 23.7. The fourth-order valence-electron chi connectivity index (χ4n) is 2.89. The van der Waals surface area contributed by atoms with E-state index in [1.54, 1.807) is 16.9 Å². The summed E-state index contributed by atoms with van der Waals surface area (Å²) in [6.45, 7) is 4.46. The van der Waals surface area contributed by atoms with Crippen molar-refractivity contribution in [2.24, 2.45) is 0 Å². The van der Waals surface area contributed by atoms with Crippen LogP contribution >= 0.6 is 21.6 Å². The molecule has 0 aromatic carbocycles. The quantitative estimate of drug-likeness (QED) is 0.213. The van der Waals surface area contributed by atoms with Crippen LogP contribution in [-0.4, -0.2) is 71.4 Å². The normalized spacial score (nSPS) is 31.8. The van der Waals surface area contributed by atoms with Crippen LogP contribution in [0.15, 0.2) is 12.2 Å². The summed E-state index contributed by atoms with van der Waals surface area (Å²) in [6, 6.07) is -3.72. The minimum Gasteiger partial charge on any atom is -0.456 e.